The monoisotopic (exact) mass is 390 g/mol. The lowest BCUT2D eigenvalue weighted by atomic mass is 9.94. The van der Waals surface area contributed by atoms with Crippen LogP contribution in [0.4, 0.5) is 0 Å². The maximum atomic E-state index is 13.5. The fraction of sp³-hybridized carbons (Fsp3) is 0.857. The van der Waals surface area contributed by atoms with E-state index in [0.717, 1.165) is 51.9 Å². The molecule has 3 amide bonds. The van der Waals surface area contributed by atoms with Gasteiger partial charge in [-0.2, -0.15) is 0 Å². The molecule has 156 valence electrons. The number of carbonyl (C=O) groups is 3. The van der Waals surface area contributed by atoms with Crippen LogP contribution in [0.2, 0.25) is 0 Å². The normalized spacial score (nSPS) is 25.8. The van der Waals surface area contributed by atoms with Gasteiger partial charge in [-0.1, -0.05) is 12.8 Å². The Kier molecular flexibility index (Phi) is 5.90. The zero-order valence-electron chi connectivity index (χ0n) is 17.1. The lowest BCUT2D eigenvalue weighted by Crippen LogP contribution is -2.60. The van der Waals surface area contributed by atoms with E-state index in [-0.39, 0.29) is 23.8 Å². The molecule has 2 saturated heterocycles. The van der Waals surface area contributed by atoms with Gasteiger partial charge in [-0.25, -0.2) is 0 Å². The maximum absolute atomic E-state index is 13.5. The Balaban J connectivity index is 1.39. The molecule has 0 bridgehead atoms. The Labute approximate surface area is 168 Å². The first-order valence-electron chi connectivity index (χ1n) is 11.1. The van der Waals surface area contributed by atoms with Crippen molar-refractivity contribution < 1.29 is 14.4 Å². The molecule has 0 unspecified atom stereocenters. The Bertz CT molecular complexity index is 599. The highest BCUT2D eigenvalue weighted by Crippen LogP contribution is 2.34. The van der Waals surface area contributed by atoms with Crippen LogP contribution in [0.25, 0.3) is 0 Å². The van der Waals surface area contributed by atoms with Crippen LogP contribution >= 0.6 is 0 Å². The van der Waals surface area contributed by atoms with Gasteiger partial charge >= 0.3 is 0 Å². The van der Waals surface area contributed by atoms with E-state index in [2.05, 4.69) is 4.90 Å². The van der Waals surface area contributed by atoms with Gasteiger partial charge in [0.25, 0.3) is 0 Å². The molecule has 0 N–H and O–H groups in total. The second-order valence-corrected chi connectivity index (χ2v) is 8.96. The maximum Gasteiger partial charge on any atom is 0.240 e. The molecule has 0 aromatic heterocycles. The van der Waals surface area contributed by atoms with Gasteiger partial charge in [0.05, 0.1) is 6.04 Å². The molecule has 7 heteroatoms. The largest absolute Gasteiger partial charge is 0.340 e. The van der Waals surface area contributed by atoms with E-state index >= 15 is 0 Å². The highest BCUT2D eigenvalue weighted by molar-refractivity contribution is 5.83. The summed E-state index contributed by atoms with van der Waals surface area (Å²) in [7, 11) is 0. The lowest BCUT2D eigenvalue weighted by molar-refractivity contribution is -0.146. The summed E-state index contributed by atoms with van der Waals surface area (Å²) in [5.41, 5.74) is 0. The number of hydrogen-bond donors (Lipinski definition) is 0. The Morgan fingerprint density at radius 2 is 1.25 bits per heavy atom. The molecule has 7 nitrogen and oxygen atoms in total. The second-order valence-electron chi connectivity index (χ2n) is 8.96. The van der Waals surface area contributed by atoms with E-state index in [4.69, 9.17) is 0 Å². The minimum Gasteiger partial charge on any atom is -0.340 e. The van der Waals surface area contributed by atoms with Crippen LogP contribution in [0.15, 0.2) is 0 Å². The number of nitrogens with zero attached hydrogens (tertiary/aromatic N) is 4. The molecule has 0 spiro atoms. The van der Waals surface area contributed by atoms with E-state index in [9.17, 15) is 14.4 Å². The molecule has 2 aliphatic heterocycles. The van der Waals surface area contributed by atoms with E-state index in [1.54, 1.807) is 6.92 Å². The zero-order chi connectivity index (χ0) is 19.7. The van der Waals surface area contributed by atoms with Gasteiger partial charge in [-0.3, -0.25) is 19.3 Å². The molecule has 0 radical (unpaired) electrons. The molecule has 2 aliphatic carbocycles. The summed E-state index contributed by atoms with van der Waals surface area (Å²) in [5, 5.41) is 0. The minimum atomic E-state index is -0.0513. The van der Waals surface area contributed by atoms with E-state index < -0.39 is 0 Å². The van der Waals surface area contributed by atoms with Crippen molar-refractivity contribution in [3.05, 3.63) is 0 Å². The smallest absolute Gasteiger partial charge is 0.240 e. The zero-order valence-corrected chi connectivity index (χ0v) is 17.1. The first-order valence-corrected chi connectivity index (χ1v) is 11.1. The molecule has 4 rings (SSSR count). The van der Waals surface area contributed by atoms with Crippen LogP contribution < -0.4 is 0 Å². The van der Waals surface area contributed by atoms with Crippen LogP contribution in [0.5, 0.6) is 0 Å². The van der Waals surface area contributed by atoms with Gasteiger partial charge in [-0.05, 0) is 31.6 Å². The fourth-order valence-corrected chi connectivity index (χ4v) is 5.17. The van der Waals surface area contributed by atoms with Crippen molar-refractivity contribution in [3.8, 4) is 0 Å². The summed E-state index contributed by atoms with van der Waals surface area (Å²) in [6.45, 7) is 7.28. The van der Waals surface area contributed by atoms with Crippen molar-refractivity contribution in [1.29, 1.82) is 0 Å². The van der Waals surface area contributed by atoms with Crippen molar-refractivity contribution in [3.63, 3.8) is 0 Å². The topological polar surface area (TPSA) is 64.2 Å². The Morgan fingerprint density at radius 3 is 1.79 bits per heavy atom. The van der Waals surface area contributed by atoms with Gasteiger partial charge in [-0.15, -0.1) is 0 Å². The molecule has 0 aromatic rings. The Morgan fingerprint density at radius 1 is 0.714 bits per heavy atom. The van der Waals surface area contributed by atoms with Crippen molar-refractivity contribution in [1.82, 2.24) is 19.6 Å². The summed E-state index contributed by atoms with van der Waals surface area (Å²) in [4.78, 5) is 45.6. The van der Waals surface area contributed by atoms with Gasteiger partial charge in [0.1, 0.15) is 0 Å². The third-order valence-electron chi connectivity index (χ3n) is 7.08. The average Bonchev–Trinajstić information content (AvgIpc) is 3.44. The highest BCUT2D eigenvalue weighted by atomic mass is 16.2. The SMILES string of the molecule is CC(=O)N1CCN(C(=O)[C@H](C2CCCC2)N2CCN(C(=O)C3CC3)CC2)CC1. The van der Waals surface area contributed by atoms with Gasteiger partial charge < -0.3 is 14.7 Å². The summed E-state index contributed by atoms with van der Waals surface area (Å²) in [6.07, 6.45) is 6.79. The molecule has 28 heavy (non-hydrogen) atoms. The molecular weight excluding hydrogens is 356 g/mol. The molecule has 4 fully saturated rings. The molecule has 2 heterocycles. The highest BCUT2D eigenvalue weighted by Gasteiger charge is 2.41. The first-order chi connectivity index (χ1) is 13.5. The molecule has 2 saturated carbocycles. The van der Waals surface area contributed by atoms with Crippen LogP contribution in [-0.4, -0.2) is 95.7 Å². The summed E-state index contributed by atoms with van der Waals surface area (Å²) in [5.74, 6) is 1.37. The Hall–Kier alpha value is -1.63. The number of carbonyl (C=O) groups excluding carboxylic acids is 3. The number of piperazine rings is 2. The summed E-state index contributed by atoms with van der Waals surface area (Å²) in [6, 6.07) is -0.0513. The number of rotatable bonds is 4. The van der Waals surface area contributed by atoms with Crippen molar-refractivity contribution in [2.45, 2.75) is 51.5 Å². The van der Waals surface area contributed by atoms with E-state index in [1.807, 2.05) is 14.7 Å². The number of hydrogen-bond acceptors (Lipinski definition) is 4. The van der Waals surface area contributed by atoms with Crippen molar-refractivity contribution in [2.75, 3.05) is 52.4 Å². The minimum absolute atomic E-state index is 0.0513. The van der Waals surface area contributed by atoms with Crippen molar-refractivity contribution >= 4 is 17.7 Å². The predicted octanol–water partition coefficient (Wildman–Crippen LogP) is 0.790. The predicted molar refractivity (Wildman–Crippen MR) is 105 cm³/mol. The fourth-order valence-electron chi connectivity index (χ4n) is 5.17. The molecule has 4 aliphatic rings. The van der Waals surface area contributed by atoms with Crippen molar-refractivity contribution in [2.24, 2.45) is 11.8 Å². The van der Waals surface area contributed by atoms with E-state index in [1.165, 1.54) is 12.8 Å². The van der Waals surface area contributed by atoms with Gasteiger partial charge in [0.2, 0.25) is 17.7 Å². The summed E-state index contributed by atoms with van der Waals surface area (Å²) < 4.78 is 0. The van der Waals surface area contributed by atoms with Crippen LogP contribution in [0.1, 0.15) is 45.4 Å². The third kappa shape index (κ3) is 4.19. The lowest BCUT2D eigenvalue weighted by Gasteiger charge is -2.44. The van der Waals surface area contributed by atoms with Crippen LogP contribution in [0.3, 0.4) is 0 Å². The second kappa shape index (κ2) is 8.39. The standard InChI is InChI=1S/C21H34N4O3/c1-16(26)22-8-12-25(13-9-22)21(28)19(17-4-2-3-5-17)23-10-14-24(15-11-23)20(27)18-6-7-18/h17-19H,2-15H2,1H3/t19-/m0/s1. The molecule has 1 atom stereocenters. The van der Waals surface area contributed by atoms with Gasteiger partial charge in [0, 0.05) is 65.2 Å². The summed E-state index contributed by atoms with van der Waals surface area (Å²) >= 11 is 0. The van der Waals surface area contributed by atoms with Crippen LogP contribution in [-0.2, 0) is 14.4 Å². The van der Waals surface area contributed by atoms with Crippen LogP contribution in [0, 0.1) is 11.8 Å². The van der Waals surface area contributed by atoms with Gasteiger partial charge in [0.15, 0.2) is 0 Å². The third-order valence-corrected chi connectivity index (χ3v) is 7.08. The first kappa shape index (κ1) is 19.7. The molecule has 0 aromatic carbocycles. The number of amides is 3. The van der Waals surface area contributed by atoms with E-state index in [0.29, 0.717) is 38.0 Å². The molecular formula is C21H34N4O3. The average molecular weight is 391 g/mol. The quantitative estimate of drug-likeness (QED) is 0.712.